The van der Waals surface area contributed by atoms with Crippen LogP contribution in [0.15, 0.2) is 0 Å². The van der Waals surface area contributed by atoms with Crippen molar-refractivity contribution in [3.05, 3.63) is 16.8 Å². The van der Waals surface area contributed by atoms with E-state index in [9.17, 15) is 4.79 Å². The molecule has 0 aliphatic carbocycles. The van der Waals surface area contributed by atoms with Gasteiger partial charge in [0.05, 0.1) is 12.5 Å². The number of ether oxygens (including phenoxy) is 1. The SMILES string of the molecule is COc1nn(C)c2nc(C)c(CCC(=O)N3CCCN(C)CC3)c(C)c12. The van der Waals surface area contributed by atoms with Gasteiger partial charge in [-0.15, -0.1) is 5.10 Å². The van der Waals surface area contributed by atoms with Gasteiger partial charge < -0.3 is 14.5 Å². The van der Waals surface area contributed by atoms with Crippen molar-refractivity contribution in [3.63, 3.8) is 0 Å². The molecule has 0 spiro atoms. The molecule has 2 aromatic heterocycles. The zero-order valence-electron chi connectivity index (χ0n) is 16.5. The van der Waals surface area contributed by atoms with Gasteiger partial charge in [-0.1, -0.05) is 0 Å². The van der Waals surface area contributed by atoms with E-state index in [4.69, 9.17) is 9.72 Å². The number of aromatic nitrogens is 3. The molecule has 1 fully saturated rings. The molecule has 0 saturated carbocycles. The van der Waals surface area contributed by atoms with Crippen LogP contribution in [0.2, 0.25) is 0 Å². The maximum atomic E-state index is 12.7. The van der Waals surface area contributed by atoms with E-state index in [1.54, 1.807) is 11.8 Å². The molecule has 0 radical (unpaired) electrons. The Kier molecular flexibility index (Phi) is 5.46. The number of hydrogen-bond donors (Lipinski definition) is 0. The Balaban J connectivity index is 1.79. The second kappa shape index (κ2) is 7.61. The molecule has 1 amide bonds. The zero-order chi connectivity index (χ0) is 18.8. The molecule has 1 saturated heterocycles. The van der Waals surface area contributed by atoms with Gasteiger partial charge in [-0.3, -0.25) is 4.79 Å². The van der Waals surface area contributed by atoms with Crippen LogP contribution in [0.1, 0.15) is 29.7 Å². The summed E-state index contributed by atoms with van der Waals surface area (Å²) in [5.74, 6) is 0.827. The molecule has 3 heterocycles. The van der Waals surface area contributed by atoms with Crippen molar-refractivity contribution in [3.8, 4) is 5.88 Å². The number of nitrogens with zero attached hydrogens (tertiary/aromatic N) is 5. The van der Waals surface area contributed by atoms with Crippen LogP contribution in [0, 0.1) is 13.8 Å². The first-order valence-corrected chi connectivity index (χ1v) is 9.25. The molecule has 2 aromatic rings. The van der Waals surface area contributed by atoms with Gasteiger partial charge in [0.2, 0.25) is 11.8 Å². The van der Waals surface area contributed by atoms with Gasteiger partial charge in [-0.2, -0.15) is 0 Å². The second-order valence-corrected chi connectivity index (χ2v) is 7.17. The number of amides is 1. The maximum absolute atomic E-state index is 12.7. The van der Waals surface area contributed by atoms with Crippen molar-refractivity contribution < 1.29 is 9.53 Å². The molecule has 0 N–H and O–H groups in total. The van der Waals surface area contributed by atoms with E-state index in [-0.39, 0.29) is 5.91 Å². The Hall–Kier alpha value is -2.15. The van der Waals surface area contributed by atoms with E-state index in [2.05, 4.69) is 24.0 Å². The maximum Gasteiger partial charge on any atom is 0.242 e. The minimum Gasteiger partial charge on any atom is -0.479 e. The Labute approximate surface area is 154 Å². The van der Waals surface area contributed by atoms with Crippen molar-refractivity contribution in [1.82, 2.24) is 24.6 Å². The third-order valence-electron chi connectivity index (χ3n) is 5.38. The predicted octanol–water partition coefficient (Wildman–Crippen LogP) is 1.69. The van der Waals surface area contributed by atoms with Crippen LogP contribution >= 0.6 is 0 Å². The number of carbonyl (C=O) groups excluding carboxylic acids is 1. The smallest absolute Gasteiger partial charge is 0.242 e. The summed E-state index contributed by atoms with van der Waals surface area (Å²) in [6.45, 7) is 7.76. The van der Waals surface area contributed by atoms with Crippen LogP contribution < -0.4 is 4.74 Å². The summed E-state index contributed by atoms with van der Waals surface area (Å²) in [5.41, 5.74) is 4.02. The Morgan fingerprint density at radius 1 is 1.15 bits per heavy atom. The lowest BCUT2D eigenvalue weighted by atomic mass is 10.00. The Bertz CT molecular complexity index is 814. The Morgan fingerprint density at radius 3 is 2.65 bits per heavy atom. The molecule has 7 nitrogen and oxygen atoms in total. The van der Waals surface area contributed by atoms with Crippen molar-refractivity contribution >= 4 is 16.9 Å². The lowest BCUT2D eigenvalue weighted by Gasteiger charge is -2.21. The summed E-state index contributed by atoms with van der Waals surface area (Å²) < 4.78 is 7.16. The molecule has 0 bridgehead atoms. The molecule has 26 heavy (non-hydrogen) atoms. The van der Waals surface area contributed by atoms with Crippen LogP contribution in [0.3, 0.4) is 0 Å². The third-order valence-corrected chi connectivity index (χ3v) is 5.38. The van der Waals surface area contributed by atoms with Crippen LogP contribution in [0.4, 0.5) is 0 Å². The van der Waals surface area contributed by atoms with Gasteiger partial charge in [0.25, 0.3) is 0 Å². The summed E-state index contributed by atoms with van der Waals surface area (Å²) in [4.78, 5) is 21.7. The predicted molar refractivity (Wildman–Crippen MR) is 102 cm³/mol. The van der Waals surface area contributed by atoms with Gasteiger partial charge in [-0.25, -0.2) is 9.67 Å². The van der Waals surface area contributed by atoms with Crippen molar-refractivity contribution in [2.75, 3.05) is 40.3 Å². The average molecular weight is 359 g/mol. The fraction of sp³-hybridized carbons (Fsp3) is 0.632. The van der Waals surface area contributed by atoms with Crippen molar-refractivity contribution in [1.29, 1.82) is 0 Å². The lowest BCUT2D eigenvalue weighted by molar-refractivity contribution is -0.131. The first-order chi connectivity index (χ1) is 12.4. The summed E-state index contributed by atoms with van der Waals surface area (Å²) in [6.07, 6.45) is 2.26. The summed E-state index contributed by atoms with van der Waals surface area (Å²) >= 11 is 0. The highest BCUT2D eigenvalue weighted by Gasteiger charge is 2.21. The van der Waals surface area contributed by atoms with Crippen molar-refractivity contribution in [2.45, 2.75) is 33.1 Å². The number of pyridine rings is 1. The molecule has 1 aliphatic rings. The molecule has 0 unspecified atom stereocenters. The van der Waals surface area contributed by atoms with E-state index in [0.717, 1.165) is 60.5 Å². The highest BCUT2D eigenvalue weighted by Crippen LogP contribution is 2.30. The average Bonchev–Trinajstić information content (AvgIpc) is 2.78. The highest BCUT2D eigenvalue weighted by atomic mass is 16.5. The van der Waals surface area contributed by atoms with Gasteiger partial charge in [0.1, 0.15) is 0 Å². The van der Waals surface area contributed by atoms with Gasteiger partial charge in [-0.05, 0) is 51.4 Å². The molecular weight excluding hydrogens is 330 g/mol. The Morgan fingerprint density at radius 2 is 1.92 bits per heavy atom. The van der Waals surface area contributed by atoms with Gasteiger partial charge in [0, 0.05) is 38.8 Å². The van der Waals surface area contributed by atoms with E-state index in [1.165, 1.54) is 0 Å². The van der Waals surface area contributed by atoms with Gasteiger partial charge in [0.15, 0.2) is 5.65 Å². The summed E-state index contributed by atoms with van der Waals surface area (Å²) in [6, 6.07) is 0. The second-order valence-electron chi connectivity index (χ2n) is 7.17. The molecule has 1 aliphatic heterocycles. The normalized spacial score (nSPS) is 16.1. The number of likely N-dealkylation sites (N-methyl/N-ethyl adjacent to an activating group) is 1. The summed E-state index contributed by atoms with van der Waals surface area (Å²) in [5, 5.41) is 5.33. The first kappa shape index (κ1) is 18.6. The van der Waals surface area contributed by atoms with E-state index in [0.29, 0.717) is 18.7 Å². The minimum absolute atomic E-state index is 0.234. The number of carbonyl (C=O) groups is 1. The number of fused-ring (bicyclic) bond motifs is 1. The molecule has 0 atom stereocenters. The molecular formula is C19H29N5O2. The summed E-state index contributed by atoms with van der Waals surface area (Å²) in [7, 11) is 5.61. The van der Waals surface area contributed by atoms with Crippen molar-refractivity contribution in [2.24, 2.45) is 7.05 Å². The van der Waals surface area contributed by atoms with E-state index >= 15 is 0 Å². The van der Waals surface area contributed by atoms with Crippen LogP contribution in [-0.4, -0.2) is 70.8 Å². The van der Waals surface area contributed by atoms with Crippen LogP contribution in [0.5, 0.6) is 5.88 Å². The monoisotopic (exact) mass is 359 g/mol. The van der Waals surface area contributed by atoms with Crippen LogP contribution in [-0.2, 0) is 18.3 Å². The molecule has 0 aromatic carbocycles. The lowest BCUT2D eigenvalue weighted by Crippen LogP contribution is -2.34. The minimum atomic E-state index is 0.234. The third kappa shape index (κ3) is 3.53. The zero-order valence-corrected chi connectivity index (χ0v) is 16.5. The number of rotatable bonds is 4. The number of aryl methyl sites for hydroxylation is 3. The topological polar surface area (TPSA) is 63.5 Å². The fourth-order valence-corrected chi connectivity index (χ4v) is 3.79. The van der Waals surface area contributed by atoms with E-state index < -0.39 is 0 Å². The first-order valence-electron chi connectivity index (χ1n) is 9.25. The van der Waals surface area contributed by atoms with Crippen LogP contribution in [0.25, 0.3) is 11.0 Å². The quantitative estimate of drug-likeness (QED) is 0.831. The number of hydrogen-bond acceptors (Lipinski definition) is 5. The van der Waals surface area contributed by atoms with E-state index in [1.807, 2.05) is 18.9 Å². The number of methoxy groups -OCH3 is 1. The molecule has 3 rings (SSSR count). The highest BCUT2D eigenvalue weighted by molar-refractivity contribution is 5.86. The standard InChI is InChI=1S/C19H29N5O2/c1-13-15(7-8-16(25)24-10-6-9-22(3)11-12-24)14(2)20-18-17(13)19(26-5)21-23(18)4/h6-12H2,1-5H3. The van der Waals surface area contributed by atoms with Gasteiger partial charge >= 0.3 is 0 Å². The fourth-order valence-electron chi connectivity index (χ4n) is 3.79. The molecule has 7 heteroatoms. The molecule has 142 valence electrons. The largest absolute Gasteiger partial charge is 0.479 e.